The van der Waals surface area contributed by atoms with Crippen molar-refractivity contribution in [2.75, 3.05) is 0 Å². The molecule has 0 heterocycles. The number of nitrogens with zero attached hydrogens (tertiary/aromatic N) is 1. The molecule has 1 rings (SSSR count). The van der Waals surface area contributed by atoms with Crippen LogP contribution in [0.15, 0.2) is 48.2 Å². The third kappa shape index (κ3) is 5.87. The van der Waals surface area contributed by atoms with E-state index in [1.165, 1.54) is 25.7 Å². The Balaban J connectivity index is 2.45. The highest BCUT2D eigenvalue weighted by Gasteiger charge is 1.99. The summed E-state index contributed by atoms with van der Waals surface area (Å²) in [5, 5.41) is 4.27. The third-order valence-electron chi connectivity index (χ3n) is 3.18. The average Bonchev–Trinajstić information content (AvgIpc) is 2.44. The molecule has 2 heteroatoms. The maximum Gasteiger partial charge on any atom is 0.0550 e. The number of nitrogens with one attached hydrogen (secondary N) is 1. The lowest BCUT2D eigenvalue weighted by Gasteiger charge is -2.06. The Bertz CT molecular complexity index is 472. The molecule has 1 aromatic carbocycles. The van der Waals surface area contributed by atoms with Crippen molar-refractivity contribution < 1.29 is 0 Å². The van der Waals surface area contributed by atoms with Crippen LogP contribution in [-0.2, 0) is 0 Å². The lowest BCUT2D eigenvalue weighted by atomic mass is 10.0. The normalized spacial score (nSPS) is 10.7. The Morgan fingerprint density at radius 3 is 2.65 bits per heavy atom. The van der Waals surface area contributed by atoms with E-state index in [-0.39, 0.29) is 0 Å². The van der Waals surface area contributed by atoms with Gasteiger partial charge in [0.05, 0.1) is 6.21 Å². The summed E-state index contributed by atoms with van der Waals surface area (Å²) in [6.07, 6.45) is 7.82. The molecule has 2 nitrogen and oxygen atoms in total. The Hall–Kier alpha value is -1.83. The molecule has 0 aliphatic carbocycles. The maximum atomic E-state index is 4.27. The summed E-state index contributed by atoms with van der Waals surface area (Å²) in [7, 11) is 0. The van der Waals surface area contributed by atoms with Crippen molar-refractivity contribution in [1.29, 1.82) is 0 Å². The summed E-state index contributed by atoms with van der Waals surface area (Å²) in [4.78, 5) is 0. The van der Waals surface area contributed by atoms with Crippen LogP contribution in [0.1, 0.15) is 57.1 Å². The molecule has 0 saturated heterocycles. The van der Waals surface area contributed by atoms with Gasteiger partial charge in [0.1, 0.15) is 0 Å². The van der Waals surface area contributed by atoms with Gasteiger partial charge in [-0.25, -0.2) is 0 Å². The maximum absolute atomic E-state index is 4.27. The van der Waals surface area contributed by atoms with Crippen LogP contribution in [-0.4, -0.2) is 6.21 Å². The van der Waals surface area contributed by atoms with E-state index in [1.807, 2.05) is 31.3 Å². The van der Waals surface area contributed by atoms with Crippen molar-refractivity contribution in [3.63, 3.8) is 0 Å². The van der Waals surface area contributed by atoms with Crippen LogP contribution in [0.2, 0.25) is 0 Å². The first-order valence-corrected chi connectivity index (χ1v) is 7.37. The van der Waals surface area contributed by atoms with E-state index in [0.29, 0.717) is 0 Å². The molecule has 0 aromatic heterocycles. The third-order valence-corrected chi connectivity index (χ3v) is 3.18. The van der Waals surface area contributed by atoms with Gasteiger partial charge in [0.25, 0.3) is 0 Å². The van der Waals surface area contributed by atoms with E-state index in [4.69, 9.17) is 0 Å². The largest absolute Gasteiger partial charge is 0.283 e. The van der Waals surface area contributed by atoms with Crippen LogP contribution in [0.3, 0.4) is 0 Å². The summed E-state index contributed by atoms with van der Waals surface area (Å²) in [5.74, 6) is 0. The number of allylic oxidation sites excluding steroid dienone is 2. The zero-order valence-electron chi connectivity index (χ0n) is 12.8. The van der Waals surface area contributed by atoms with E-state index >= 15 is 0 Å². The topological polar surface area (TPSA) is 24.4 Å². The van der Waals surface area contributed by atoms with Crippen molar-refractivity contribution in [3.05, 3.63) is 54.2 Å². The lowest BCUT2D eigenvalue weighted by Crippen LogP contribution is -2.05. The fraction of sp³-hybridized carbons (Fsp3) is 0.389. The lowest BCUT2D eigenvalue weighted by molar-refractivity contribution is 0.645. The number of unbranched alkanes of at least 4 members (excludes halogenated alkanes) is 3. The number of rotatable bonds is 9. The summed E-state index contributed by atoms with van der Waals surface area (Å²) in [5.41, 5.74) is 7.25. The highest BCUT2D eigenvalue weighted by atomic mass is 15.3. The number of hydrogen-bond acceptors (Lipinski definition) is 2. The van der Waals surface area contributed by atoms with Gasteiger partial charge in [-0.05, 0) is 25.3 Å². The van der Waals surface area contributed by atoms with Crippen molar-refractivity contribution in [3.8, 4) is 0 Å². The predicted molar refractivity (Wildman–Crippen MR) is 89.8 cm³/mol. The second-order valence-corrected chi connectivity index (χ2v) is 5.15. The minimum absolute atomic E-state index is 0.977. The molecule has 0 fully saturated rings. The van der Waals surface area contributed by atoms with Gasteiger partial charge in [-0.1, -0.05) is 69.2 Å². The fourth-order valence-corrected chi connectivity index (χ4v) is 2.01. The van der Waals surface area contributed by atoms with E-state index < -0.39 is 0 Å². The van der Waals surface area contributed by atoms with Crippen molar-refractivity contribution in [2.24, 2.45) is 5.10 Å². The van der Waals surface area contributed by atoms with Gasteiger partial charge in [-0.15, -0.1) is 0 Å². The summed E-state index contributed by atoms with van der Waals surface area (Å²) in [6.45, 7) is 12.2. The molecule has 0 radical (unpaired) electrons. The zero-order chi connectivity index (χ0) is 14.8. The van der Waals surface area contributed by atoms with Gasteiger partial charge in [0.2, 0.25) is 0 Å². The van der Waals surface area contributed by atoms with Crippen molar-refractivity contribution in [2.45, 2.75) is 46.0 Å². The molecular formula is C18H26N2. The molecule has 1 N–H and O–H groups in total. The van der Waals surface area contributed by atoms with Gasteiger partial charge in [-0.2, -0.15) is 5.10 Å². The summed E-state index contributed by atoms with van der Waals surface area (Å²) >= 11 is 0. The number of hydrazone groups is 1. The standard InChI is InChI=1S/C18H26N2/c1-5-6-7-8-11-16(4)20-19-14-17-12-9-10-13-18(17)15(2)3/h9-10,12-14,20H,2,4-8,11H2,1,3H3/b19-14+. The fourth-order valence-electron chi connectivity index (χ4n) is 2.01. The molecule has 0 saturated carbocycles. The van der Waals surface area contributed by atoms with Crippen molar-refractivity contribution >= 4 is 11.8 Å². The number of hydrogen-bond donors (Lipinski definition) is 1. The van der Waals surface area contributed by atoms with Crippen LogP contribution >= 0.6 is 0 Å². The van der Waals surface area contributed by atoms with Gasteiger partial charge in [0, 0.05) is 11.3 Å². The Morgan fingerprint density at radius 2 is 1.95 bits per heavy atom. The summed E-state index contributed by atoms with van der Waals surface area (Å²) in [6, 6.07) is 8.12. The monoisotopic (exact) mass is 270 g/mol. The minimum Gasteiger partial charge on any atom is -0.283 e. The molecule has 0 atom stereocenters. The molecule has 1 aromatic rings. The molecule has 0 bridgehead atoms. The first kappa shape index (κ1) is 16.2. The summed E-state index contributed by atoms with van der Waals surface area (Å²) < 4.78 is 0. The van der Waals surface area contributed by atoms with Crippen LogP contribution in [0.5, 0.6) is 0 Å². The number of benzene rings is 1. The Labute approximate surface area is 123 Å². The van der Waals surface area contributed by atoms with Crippen molar-refractivity contribution in [1.82, 2.24) is 5.43 Å². The first-order chi connectivity index (χ1) is 9.65. The SMILES string of the molecule is C=C(CCCCCC)N/N=C/c1ccccc1C(=C)C. The van der Waals surface area contributed by atoms with Gasteiger partial charge < -0.3 is 0 Å². The predicted octanol–water partition coefficient (Wildman–Crippen LogP) is 5.13. The molecule has 108 valence electrons. The first-order valence-electron chi connectivity index (χ1n) is 7.37. The van der Waals surface area contributed by atoms with Gasteiger partial charge >= 0.3 is 0 Å². The van der Waals surface area contributed by atoms with E-state index in [0.717, 1.165) is 28.8 Å². The van der Waals surface area contributed by atoms with E-state index in [9.17, 15) is 0 Å². The Kier molecular flexibility index (Phi) is 7.41. The Morgan fingerprint density at radius 1 is 1.20 bits per heavy atom. The molecule has 0 aliphatic rings. The highest BCUT2D eigenvalue weighted by molar-refractivity contribution is 5.87. The van der Waals surface area contributed by atoms with Crippen LogP contribution < -0.4 is 5.43 Å². The molecule has 0 aliphatic heterocycles. The highest BCUT2D eigenvalue weighted by Crippen LogP contribution is 2.15. The van der Waals surface area contributed by atoms with Gasteiger partial charge in [-0.3, -0.25) is 5.43 Å². The average molecular weight is 270 g/mol. The quantitative estimate of drug-likeness (QED) is 0.375. The molecule has 0 spiro atoms. The van der Waals surface area contributed by atoms with Crippen LogP contribution in [0.4, 0.5) is 0 Å². The molecular weight excluding hydrogens is 244 g/mol. The molecule has 0 amide bonds. The second kappa shape index (κ2) is 9.13. The van der Waals surface area contributed by atoms with Crippen LogP contribution in [0.25, 0.3) is 5.57 Å². The zero-order valence-corrected chi connectivity index (χ0v) is 12.8. The molecule has 20 heavy (non-hydrogen) atoms. The molecule has 0 unspecified atom stereocenters. The second-order valence-electron chi connectivity index (χ2n) is 5.15. The van der Waals surface area contributed by atoms with Crippen LogP contribution in [0, 0.1) is 0 Å². The minimum atomic E-state index is 0.977. The smallest absolute Gasteiger partial charge is 0.0550 e. The van der Waals surface area contributed by atoms with E-state index in [1.54, 1.807) is 0 Å². The van der Waals surface area contributed by atoms with Gasteiger partial charge in [0.15, 0.2) is 0 Å². The van der Waals surface area contributed by atoms with E-state index in [2.05, 4.69) is 36.7 Å².